The second-order valence-electron chi connectivity index (χ2n) is 8.04. The summed E-state index contributed by atoms with van der Waals surface area (Å²) in [5.41, 5.74) is 2.24. The minimum atomic E-state index is -0.431. The first kappa shape index (κ1) is 23.6. The molecule has 11 heteroatoms. The Bertz CT molecular complexity index is 1520. The Kier molecular flexibility index (Phi) is 6.43. The van der Waals surface area contributed by atoms with Gasteiger partial charge in [-0.2, -0.15) is 24.3 Å². The van der Waals surface area contributed by atoms with Gasteiger partial charge in [0.25, 0.3) is 0 Å². The fourth-order valence-electron chi connectivity index (χ4n) is 4.28. The molecule has 1 aliphatic carbocycles. The predicted octanol–water partition coefficient (Wildman–Crippen LogP) is 2.87. The third kappa shape index (κ3) is 4.09. The molecule has 2 aromatic heterocycles. The van der Waals surface area contributed by atoms with Gasteiger partial charge in [0, 0.05) is 58.5 Å². The molecule has 184 valence electrons. The van der Waals surface area contributed by atoms with Gasteiger partial charge in [-0.25, -0.2) is 0 Å². The van der Waals surface area contributed by atoms with Gasteiger partial charge in [0.2, 0.25) is 5.69 Å². The summed E-state index contributed by atoms with van der Waals surface area (Å²) in [5, 5.41) is 17.2. The summed E-state index contributed by atoms with van der Waals surface area (Å²) in [5.74, 6) is -0.804. The Morgan fingerprint density at radius 2 is 1.81 bits per heavy atom. The fraction of sp³-hybridized carbons (Fsp3) is 0.120. The zero-order valence-electron chi connectivity index (χ0n) is 18.6. The van der Waals surface area contributed by atoms with Crippen LogP contribution in [-0.2, 0) is 29.7 Å². The van der Waals surface area contributed by atoms with Gasteiger partial charge in [-0.1, -0.05) is 11.1 Å². The molecule has 0 radical (unpaired) electrons. The third-order valence-corrected chi connectivity index (χ3v) is 6.02. The van der Waals surface area contributed by atoms with E-state index in [4.69, 9.17) is 7.81 Å². The number of carbonyl (C=O) groups is 2. The zero-order chi connectivity index (χ0) is 25.2. The van der Waals surface area contributed by atoms with E-state index < -0.39 is 5.78 Å². The molecule has 0 amide bonds. The number of fused-ring (bicyclic) bond motifs is 3. The van der Waals surface area contributed by atoms with Crippen LogP contribution < -0.4 is 9.86 Å². The molecular weight excluding hydrogens is 645 g/mol. The van der Waals surface area contributed by atoms with Crippen molar-refractivity contribution in [1.82, 2.24) is 14.7 Å². The second kappa shape index (κ2) is 9.83. The van der Waals surface area contributed by atoms with E-state index in [1.165, 1.54) is 10.7 Å². The van der Waals surface area contributed by atoms with Crippen LogP contribution in [0.25, 0.3) is 11.0 Å². The number of benzene rings is 2. The predicted molar refractivity (Wildman–Crippen MR) is 122 cm³/mol. The number of rotatable bonds is 5. The normalized spacial score (nSPS) is 14.1. The van der Waals surface area contributed by atoms with E-state index >= 15 is 0 Å². The van der Waals surface area contributed by atoms with Crippen molar-refractivity contribution in [3.63, 3.8) is 0 Å². The Balaban J connectivity index is 0.00000130. The Morgan fingerprint density at radius 3 is 2.61 bits per heavy atom. The van der Waals surface area contributed by atoms with E-state index in [0.29, 0.717) is 17.9 Å². The molecule has 0 fully saturated rings. The summed E-state index contributed by atoms with van der Waals surface area (Å²) >= 11 is 0.889. The monoisotopic (exact) mass is 663 g/mol. The number of nitrogens with zero attached hydrogens (tertiary/aromatic N) is 5. The molecule has 36 heavy (non-hydrogen) atoms. The Labute approximate surface area is 216 Å². The summed E-state index contributed by atoms with van der Waals surface area (Å²) in [6, 6.07) is 15.3. The summed E-state index contributed by atoms with van der Waals surface area (Å²) in [6.07, 6.45) is 9.97. The van der Waals surface area contributed by atoms with Crippen molar-refractivity contribution < 1.29 is 42.1 Å². The van der Waals surface area contributed by atoms with E-state index in [2.05, 4.69) is 11.2 Å². The van der Waals surface area contributed by atoms with Crippen molar-refractivity contribution in [2.75, 3.05) is 11.4 Å². The van der Waals surface area contributed by atoms with Crippen molar-refractivity contribution in [3.05, 3.63) is 107 Å². The molecule has 0 unspecified atom stereocenters. The first-order valence-corrected chi connectivity index (χ1v) is 11.8. The molecule has 2 aromatic carbocycles. The summed E-state index contributed by atoms with van der Waals surface area (Å²) in [7, 11) is 0. The van der Waals surface area contributed by atoms with Gasteiger partial charge in [-0.15, -0.1) is 4.68 Å². The topological polar surface area (TPSA) is 116 Å². The van der Waals surface area contributed by atoms with Gasteiger partial charge in [0.15, 0.2) is 17.3 Å². The van der Waals surface area contributed by atoms with Crippen molar-refractivity contribution >= 4 is 28.2 Å². The molecule has 0 N–H and O–H groups in total. The van der Waals surface area contributed by atoms with Crippen LogP contribution in [0.1, 0.15) is 38.5 Å². The summed E-state index contributed by atoms with van der Waals surface area (Å²) in [4.78, 5) is 30.0. The average Bonchev–Trinajstić information content (AvgIpc) is 3.53. The molecular formula is C25H18N5O5Pt-. The van der Waals surface area contributed by atoms with Gasteiger partial charge in [-0.05, 0) is 24.6 Å². The quantitative estimate of drug-likeness (QED) is 0.160. The van der Waals surface area contributed by atoms with E-state index in [-0.39, 0.29) is 34.8 Å². The molecule has 0 spiro atoms. The number of furan rings is 1. The summed E-state index contributed by atoms with van der Waals surface area (Å²) in [6.45, 7) is 0.856. The summed E-state index contributed by atoms with van der Waals surface area (Å²) < 4.78 is 14.9. The number of hydrogen-bond acceptors (Lipinski definition) is 8. The minimum absolute atomic E-state index is 0.0444. The molecule has 4 aromatic rings. The van der Waals surface area contributed by atoms with Crippen LogP contribution in [0.2, 0.25) is 0 Å². The first-order valence-electron chi connectivity index (χ1n) is 10.9. The van der Waals surface area contributed by atoms with Crippen LogP contribution in [0, 0.1) is 11.3 Å². The Hall–Kier alpha value is -4.17. The van der Waals surface area contributed by atoms with E-state index in [0.717, 1.165) is 36.4 Å². The van der Waals surface area contributed by atoms with Gasteiger partial charge >= 0.3 is 23.2 Å². The van der Waals surface area contributed by atoms with Crippen LogP contribution in [-0.4, -0.2) is 32.8 Å². The van der Waals surface area contributed by atoms with Crippen molar-refractivity contribution in [2.45, 2.75) is 13.0 Å². The first-order chi connectivity index (χ1) is 17.6. The third-order valence-electron chi connectivity index (χ3n) is 6.02. The van der Waals surface area contributed by atoms with Crippen LogP contribution in [0.15, 0.2) is 77.9 Å². The second-order valence-corrected chi connectivity index (χ2v) is 8.04. The average molecular weight is 664 g/mol. The zero-order valence-corrected chi connectivity index (χ0v) is 20.9. The molecule has 2 aliphatic rings. The SMILES string of the molecule is O=C1c2c[c-]ccc2C(=O)c2c1n[n+]([O-])n2CCCN1C=CN(c2ccc3ccoc3c2)C=C1.[O]=[Pt]. The van der Waals surface area contributed by atoms with Gasteiger partial charge in [0.05, 0.1) is 12.8 Å². The molecule has 10 nitrogen and oxygen atoms in total. The Morgan fingerprint density at radius 1 is 1.00 bits per heavy atom. The van der Waals surface area contributed by atoms with Gasteiger partial charge < -0.3 is 24.2 Å². The van der Waals surface area contributed by atoms with Crippen LogP contribution in [0.3, 0.4) is 0 Å². The molecule has 0 saturated carbocycles. The molecule has 0 bridgehead atoms. The number of aromatic nitrogens is 3. The van der Waals surface area contributed by atoms with Crippen molar-refractivity contribution in [3.8, 4) is 0 Å². The number of carbonyl (C=O) groups excluding carboxylic acids is 2. The molecule has 3 heterocycles. The molecule has 0 atom stereocenters. The number of hydrogen-bond donors (Lipinski definition) is 0. The molecule has 1 aliphatic heterocycles. The van der Waals surface area contributed by atoms with Gasteiger partial charge in [0.1, 0.15) is 5.58 Å². The van der Waals surface area contributed by atoms with E-state index in [9.17, 15) is 14.8 Å². The fourth-order valence-corrected chi connectivity index (χ4v) is 4.28. The van der Waals surface area contributed by atoms with Crippen molar-refractivity contribution in [1.29, 1.82) is 0 Å². The maximum absolute atomic E-state index is 13.0. The number of ketones is 2. The van der Waals surface area contributed by atoms with E-state index in [1.807, 2.05) is 58.9 Å². The van der Waals surface area contributed by atoms with Crippen LogP contribution >= 0.6 is 0 Å². The standard InChI is InChI=1S/C25H18N5O4.O.Pt/c31-24-19-4-1-2-5-20(19)25(32)23-22(24)26-30(33)29(23)10-3-9-27-11-13-28(14-12-27)18-7-6-17-8-15-34-21(17)16-18;;/h2,4-8,11-16H,3,9-10H2;;/q-1;;. The van der Waals surface area contributed by atoms with Crippen molar-refractivity contribution in [2.24, 2.45) is 0 Å². The van der Waals surface area contributed by atoms with E-state index in [1.54, 1.807) is 18.4 Å². The maximum atomic E-state index is 13.0. The molecule has 6 rings (SSSR count). The van der Waals surface area contributed by atoms with Crippen LogP contribution in [0.4, 0.5) is 5.69 Å². The molecule has 0 saturated heterocycles. The van der Waals surface area contributed by atoms with Gasteiger partial charge in [-0.3, -0.25) is 4.79 Å². The number of anilines is 1. The van der Waals surface area contributed by atoms with Crippen LogP contribution in [0.5, 0.6) is 0 Å².